The summed E-state index contributed by atoms with van der Waals surface area (Å²) in [6, 6.07) is 11.8. The van der Waals surface area contributed by atoms with Gasteiger partial charge in [0, 0.05) is 25.3 Å². The molecule has 1 aromatic carbocycles. The molecule has 3 aliphatic rings. The predicted octanol–water partition coefficient (Wildman–Crippen LogP) is 2.69. The Hall–Kier alpha value is -2.44. The minimum absolute atomic E-state index is 0.172. The van der Waals surface area contributed by atoms with Crippen LogP contribution in [0.1, 0.15) is 59.6 Å². The number of likely N-dealkylation sites (tertiary alicyclic amines) is 2. The number of carbonyl (C=O) groups is 1. The Morgan fingerprint density at radius 3 is 2.45 bits per heavy atom. The first-order chi connectivity index (χ1) is 15.0. The van der Waals surface area contributed by atoms with Gasteiger partial charge in [-0.15, -0.1) is 0 Å². The van der Waals surface area contributed by atoms with E-state index < -0.39 is 5.60 Å². The summed E-state index contributed by atoms with van der Waals surface area (Å²) in [7, 11) is 0. The first kappa shape index (κ1) is 20.5. The van der Waals surface area contributed by atoms with Gasteiger partial charge in [-0.3, -0.25) is 14.5 Å². The van der Waals surface area contributed by atoms with E-state index in [2.05, 4.69) is 4.90 Å². The maximum atomic E-state index is 13.6. The summed E-state index contributed by atoms with van der Waals surface area (Å²) in [5.74, 6) is -0.197. The van der Waals surface area contributed by atoms with Crippen LogP contribution in [0, 0.1) is 6.92 Å². The van der Waals surface area contributed by atoms with Crippen molar-refractivity contribution in [1.82, 2.24) is 14.4 Å². The molecule has 0 unspecified atom stereocenters. The molecule has 5 rings (SSSR count). The number of amides is 1. The number of rotatable bonds is 4. The largest absolute Gasteiger partial charge is 0.383 e. The third kappa shape index (κ3) is 3.62. The number of aromatic nitrogens is 1. The van der Waals surface area contributed by atoms with Crippen molar-refractivity contribution in [3.63, 3.8) is 0 Å². The van der Waals surface area contributed by atoms with Gasteiger partial charge in [-0.05, 0) is 69.3 Å². The molecule has 3 heterocycles. The molecule has 31 heavy (non-hydrogen) atoms. The van der Waals surface area contributed by atoms with Gasteiger partial charge < -0.3 is 14.6 Å². The van der Waals surface area contributed by atoms with Crippen LogP contribution in [0.3, 0.4) is 0 Å². The lowest BCUT2D eigenvalue weighted by Crippen LogP contribution is -2.61. The fraction of sp³-hybridized carbons (Fsp3) is 0.520. The Bertz CT molecular complexity index is 1020. The summed E-state index contributed by atoms with van der Waals surface area (Å²) in [5.41, 5.74) is 0.760. The molecule has 3 fully saturated rings. The minimum Gasteiger partial charge on any atom is -0.383 e. The monoisotopic (exact) mass is 421 g/mol. The van der Waals surface area contributed by atoms with E-state index in [1.165, 1.54) is 0 Å². The topological polar surface area (TPSA) is 65.8 Å². The maximum Gasteiger partial charge on any atom is 0.263 e. The van der Waals surface area contributed by atoms with Crippen molar-refractivity contribution in [2.75, 3.05) is 26.2 Å². The minimum atomic E-state index is -0.998. The fourth-order valence-corrected chi connectivity index (χ4v) is 5.34. The zero-order chi connectivity index (χ0) is 21.6. The molecule has 0 spiro atoms. The molecule has 2 saturated heterocycles. The number of aryl methyl sites for hydroxylation is 1. The standard InChI is InChI=1S/C25H31N3O3/c1-18-11-15-28(20-9-10-20)24(30)22(18)23(29)27-16-12-25(31,19-7-3-2-4-8-19)21(17-27)26-13-5-6-14-26/h2-4,7-8,11,15,20-21,31H,5-6,9-10,12-14,16-17H2,1H3/t21-,25+/m1/s1. The average Bonchev–Trinajstić information content (AvgIpc) is 3.47. The van der Waals surface area contributed by atoms with Gasteiger partial charge in [0.1, 0.15) is 11.2 Å². The van der Waals surface area contributed by atoms with E-state index in [9.17, 15) is 14.7 Å². The van der Waals surface area contributed by atoms with Crippen LogP contribution < -0.4 is 5.56 Å². The number of pyridine rings is 1. The Kier molecular flexibility index (Phi) is 5.22. The fourth-order valence-electron chi connectivity index (χ4n) is 5.34. The summed E-state index contributed by atoms with van der Waals surface area (Å²) < 4.78 is 1.72. The molecule has 0 bridgehead atoms. The lowest BCUT2D eigenvalue weighted by atomic mass is 9.79. The van der Waals surface area contributed by atoms with E-state index in [1.807, 2.05) is 49.5 Å². The van der Waals surface area contributed by atoms with E-state index in [0.29, 0.717) is 25.1 Å². The number of piperidine rings is 1. The van der Waals surface area contributed by atoms with Crippen molar-refractivity contribution in [3.05, 3.63) is 69.6 Å². The van der Waals surface area contributed by atoms with Crippen LogP contribution in [0.4, 0.5) is 0 Å². The number of hydrogen-bond acceptors (Lipinski definition) is 4. The SMILES string of the molecule is Cc1ccn(C2CC2)c(=O)c1C(=O)N1CC[C@](O)(c2ccccc2)[C@H](N2CCCC2)C1. The van der Waals surface area contributed by atoms with E-state index in [1.54, 1.807) is 9.47 Å². The molecule has 1 aliphatic carbocycles. The van der Waals surface area contributed by atoms with Crippen LogP contribution >= 0.6 is 0 Å². The van der Waals surface area contributed by atoms with Gasteiger partial charge in [-0.1, -0.05) is 30.3 Å². The van der Waals surface area contributed by atoms with E-state index in [0.717, 1.165) is 49.9 Å². The van der Waals surface area contributed by atoms with Crippen molar-refractivity contribution < 1.29 is 9.90 Å². The van der Waals surface area contributed by atoms with Gasteiger partial charge in [-0.2, -0.15) is 0 Å². The molecular formula is C25H31N3O3. The van der Waals surface area contributed by atoms with Gasteiger partial charge in [0.15, 0.2) is 0 Å². The molecule has 1 aromatic heterocycles. The van der Waals surface area contributed by atoms with Gasteiger partial charge in [0.25, 0.3) is 11.5 Å². The Morgan fingerprint density at radius 1 is 1.06 bits per heavy atom. The molecule has 2 atom stereocenters. The Morgan fingerprint density at radius 2 is 1.77 bits per heavy atom. The normalized spacial score (nSPS) is 26.9. The quantitative estimate of drug-likeness (QED) is 0.824. The molecular weight excluding hydrogens is 390 g/mol. The maximum absolute atomic E-state index is 13.6. The van der Waals surface area contributed by atoms with Crippen molar-refractivity contribution in [3.8, 4) is 0 Å². The zero-order valence-corrected chi connectivity index (χ0v) is 18.2. The smallest absolute Gasteiger partial charge is 0.263 e. The Labute approximate surface area is 183 Å². The lowest BCUT2D eigenvalue weighted by molar-refractivity contribution is -0.0878. The van der Waals surface area contributed by atoms with Crippen molar-refractivity contribution in [1.29, 1.82) is 0 Å². The van der Waals surface area contributed by atoms with Crippen LogP contribution in [-0.2, 0) is 5.60 Å². The third-order valence-corrected chi connectivity index (χ3v) is 7.33. The van der Waals surface area contributed by atoms with Crippen molar-refractivity contribution in [2.45, 2.75) is 56.7 Å². The second-order valence-corrected chi connectivity index (χ2v) is 9.37. The highest BCUT2D eigenvalue weighted by Crippen LogP contribution is 2.38. The summed E-state index contributed by atoms with van der Waals surface area (Å²) in [4.78, 5) is 30.8. The molecule has 1 saturated carbocycles. The number of carbonyl (C=O) groups excluding carboxylic acids is 1. The molecule has 0 radical (unpaired) electrons. The van der Waals surface area contributed by atoms with Gasteiger partial charge in [0.2, 0.25) is 0 Å². The first-order valence-electron chi connectivity index (χ1n) is 11.5. The summed E-state index contributed by atoms with van der Waals surface area (Å²) in [6.07, 6.45) is 6.51. The highest BCUT2D eigenvalue weighted by molar-refractivity contribution is 5.95. The molecule has 6 heteroatoms. The van der Waals surface area contributed by atoms with Crippen LogP contribution in [-0.4, -0.2) is 57.6 Å². The molecule has 1 amide bonds. The molecule has 2 aromatic rings. The molecule has 6 nitrogen and oxygen atoms in total. The van der Waals surface area contributed by atoms with E-state index >= 15 is 0 Å². The number of nitrogens with zero attached hydrogens (tertiary/aromatic N) is 3. The van der Waals surface area contributed by atoms with Crippen LogP contribution in [0.15, 0.2) is 47.4 Å². The molecule has 1 N–H and O–H groups in total. The van der Waals surface area contributed by atoms with Crippen molar-refractivity contribution >= 4 is 5.91 Å². The average molecular weight is 422 g/mol. The third-order valence-electron chi connectivity index (χ3n) is 7.33. The van der Waals surface area contributed by atoms with Gasteiger partial charge >= 0.3 is 0 Å². The second-order valence-electron chi connectivity index (χ2n) is 9.37. The predicted molar refractivity (Wildman–Crippen MR) is 119 cm³/mol. The number of aliphatic hydroxyl groups is 1. The number of hydrogen-bond donors (Lipinski definition) is 1. The van der Waals surface area contributed by atoms with Gasteiger partial charge in [0.05, 0.1) is 6.04 Å². The van der Waals surface area contributed by atoms with Gasteiger partial charge in [-0.25, -0.2) is 0 Å². The van der Waals surface area contributed by atoms with Crippen molar-refractivity contribution in [2.24, 2.45) is 0 Å². The first-order valence-corrected chi connectivity index (χ1v) is 11.5. The summed E-state index contributed by atoms with van der Waals surface area (Å²) >= 11 is 0. The number of benzene rings is 1. The highest BCUT2D eigenvalue weighted by atomic mass is 16.3. The zero-order valence-electron chi connectivity index (χ0n) is 18.2. The van der Waals surface area contributed by atoms with E-state index in [4.69, 9.17) is 0 Å². The van der Waals surface area contributed by atoms with Crippen LogP contribution in [0.5, 0.6) is 0 Å². The second kappa shape index (κ2) is 7.92. The molecule has 2 aliphatic heterocycles. The van der Waals surface area contributed by atoms with E-state index in [-0.39, 0.29) is 23.6 Å². The molecule has 164 valence electrons. The summed E-state index contributed by atoms with van der Waals surface area (Å²) in [5, 5.41) is 11.8. The lowest BCUT2D eigenvalue weighted by Gasteiger charge is -2.48. The van der Waals surface area contributed by atoms with Crippen LogP contribution in [0.25, 0.3) is 0 Å². The highest BCUT2D eigenvalue weighted by Gasteiger charge is 2.47. The summed E-state index contributed by atoms with van der Waals surface area (Å²) in [6.45, 7) is 4.57. The van der Waals surface area contributed by atoms with Crippen LogP contribution in [0.2, 0.25) is 0 Å². The Balaban J connectivity index is 1.47.